The Bertz CT molecular complexity index is 725. The van der Waals surface area contributed by atoms with E-state index in [4.69, 9.17) is 5.73 Å². The third kappa shape index (κ3) is 4.46. The molecule has 0 spiro atoms. The molecule has 0 amide bonds. The summed E-state index contributed by atoms with van der Waals surface area (Å²) in [5, 5.41) is 3.76. The number of hydrogen-bond acceptors (Lipinski definition) is 2. The molecule has 4 rings (SSSR count). The second-order valence-corrected chi connectivity index (χ2v) is 8.21. The summed E-state index contributed by atoms with van der Waals surface area (Å²) in [7, 11) is 0. The summed E-state index contributed by atoms with van der Waals surface area (Å²) in [4.78, 5) is 0. The molecule has 0 unspecified atom stereocenters. The van der Waals surface area contributed by atoms with Gasteiger partial charge in [0.25, 0.3) is 0 Å². The highest BCUT2D eigenvalue weighted by atomic mass is 19.4. The van der Waals surface area contributed by atoms with Crippen LogP contribution in [0.15, 0.2) is 42.0 Å². The summed E-state index contributed by atoms with van der Waals surface area (Å²) in [6.07, 6.45) is 5.11. The van der Waals surface area contributed by atoms with Gasteiger partial charge in [-0.3, -0.25) is 0 Å². The van der Waals surface area contributed by atoms with Crippen LogP contribution in [0, 0.1) is 0 Å². The zero-order valence-corrected chi connectivity index (χ0v) is 15.4. The van der Waals surface area contributed by atoms with E-state index in [0.29, 0.717) is 36.9 Å². The third-order valence-corrected chi connectivity index (χ3v) is 6.16. The molecule has 3 aliphatic carbocycles. The van der Waals surface area contributed by atoms with Crippen LogP contribution in [0.1, 0.15) is 62.0 Å². The summed E-state index contributed by atoms with van der Waals surface area (Å²) >= 11 is 0. The van der Waals surface area contributed by atoms with E-state index in [-0.39, 0.29) is 0 Å². The highest BCUT2D eigenvalue weighted by Gasteiger charge is 2.39. The zero-order chi connectivity index (χ0) is 19.0. The van der Waals surface area contributed by atoms with Gasteiger partial charge in [-0.1, -0.05) is 30.3 Å². The van der Waals surface area contributed by atoms with Crippen molar-refractivity contribution in [2.24, 2.45) is 5.73 Å². The monoisotopic (exact) mass is 376 g/mol. The largest absolute Gasteiger partial charge is 0.416 e. The van der Waals surface area contributed by atoms with Crippen molar-refractivity contribution < 1.29 is 13.2 Å². The van der Waals surface area contributed by atoms with Crippen LogP contribution in [-0.4, -0.2) is 24.3 Å². The average molecular weight is 376 g/mol. The van der Waals surface area contributed by atoms with Crippen LogP contribution in [-0.2, 0) is 0 Å². The summed E-state index contributed by atoms with van der Waals surface area (Å²) in [6, 6.07) is 9.62. The molecule has 2 fully saturated rings. The van der Waals surface area contributed by atoms with Crippen molar-refractivity contribution in [1.29, 1.82) is 0 Å². The summed E-state index contributed by atoms with van der Waals surface area (Å²) in [6.45, 7) is 0. The van der Waals surface area contributed by atoms with Gasteiger partial charge in [-0.15, -0.1) is 0 Å². The van der Waals surface area contributed by atoms with Crippen molar-refractivity contribution in [3.63, 3.8) is 0 Å². The number of benzene rings is 1. The molecule has 1 aromatic carbocycles. The van der Waals surface area contributed by atoms with Crippen LogP contribution in [0.25, 0.3) is 5.57 Å². The Morgan fingerprint density at radius 1 is 1.00 bits per heavy atom. The first kappa shape index (κ1) is 18.8. The maximum atomic E-state index is 12.9. The molecule has 0 aliphatic heterocycles. The van der Waals surface area contributed by atoms with E-state index >= 15 is 0 Å². The molecular formula is C22H27F3N2. The first-order valence-electron chi connectivity index (χ1n) is 10.00. The van der Waals surface area contributed by atoms with Gasteiger partial charge < -0.3 is 11.1 Å². The molecular weight excluding hydrogens is 349 g/mol. The predicted molar refractivity (Wildman–Crippen MR) is 102 cm³/mol. The van der Waals surface area contributed by atoms with Crippen LogP contribution in [0.3, 0.4) is 0 Å². The number of allylic oxidation sites excluding steroid dienone is 4. The van der Waals surface area contributed by atoms with Crippen molar-refractivity contribution in [3.05, 3.63) is 53.1 Å². The lowest BCUT2D eigenvalue weighted by atomic mass is 9.91. The molecule has 146 valence electrons. The fraction of sp³-hybridized carbons (Fsp3) is 0.545. The number of rotatable bonds is 4. The molecule has 3 N–H and O–H groups in total. The SMILES string of the molecule is NC1CCC(N[C@H]2C[C@@H]2c2ccc(C3=CC(C(F)(F)F)=CCC3)cc2)CC1. The molecule has 0 heterocycles. The standard InChI is InChI=1S/C22H27F3N2/c23-22(24,25)17-3-1-2-16(12-17)14-4-6-15(7-5-14)20-13-21(20)27-19-10-8-18(26)9-11-19/h3-7,12,18-21,27H,1-2,8-11,13,26H2/t18?,19?,20-,21+/m1/s1. The van der Waals surface area contributed by atoms with E-state index in [2.05, 4.69) is 17.4 Å². The fourth-order valence-corrected chi connectivity index (χ4v) is 4.41. The van der Waals surface area contributed by atoms with Crippen LogP contribution in [0.4, 0.5) is 13.2 Å². The van der Waals surface area contributed by atoms with E-state index in [9.17, 15) is 13.2 Å². The maximum Gasteiger partial charge on any atom is 0.416 e. The van der Waals surface area contributed by atoms with Crippen LogP contribution < -0.4 is 11.1 Å². The van der Waals surface area contributed by atoms with Gasteiger partial charge in [0.2, 0.25) is 0 Å². The van der Waals surface area contributed by atoms with Gasteiger partial charge in [0.05, 0.1) is 5.57 Å². The van der Waals surface area contributed by atoms with Crippen molar-refractivity contribution in [2.45, 2.75) is 75.2 Å². The first-order chi connectivity index (χ1) is 12.9. The molecule has 2 atom stereocenters. The summed E-state index contributed by atoms with van der Waals surface area (Å²) in [5.74, 6) is 0.528. The van der Waals surface area contributed by atoms with Gasteiger partial charge in [0.1, 0.15) is 0 Å². The Hall–Kier alpha value is -1.59. The van der Waals surface area contributed by atoms with Crippen LogP contribution >= 0.6 is 0 Å². The smallest absolute Gasteiger partial charge is 0.328 e. The third-order valence-electron chi connectivity index (χ3n) is 6.16. The molecule has 5 heteroatoms. The molecule has 2 nitrogen and oxygen atoms in total. The average Bonchev–Trinajstić information content (AvgIpc) is 3.42. The Kier molecular flexibility index (Phi) is 5.17. The highest BCUT2D eigenvalue weighted by molar-refractivity contribution is 5.70. The number of hydrogen-bond donors (Lipinski definition) is 2. The molecule has 0 radical (unpaired) electrons. The van der Waals surface area contributed by atoms with Gasteiger partial charge in [0.15, 0.2) is 0 Å². The van der Waals surface area contributed by atoms with Gasteiger partial charge >= 0.3 is 6.18 Å². The van der Waals surface area contributed by atoms with Gasteiger partial charge in [-0.25, -0.2) is 0 Å². The number of nitrogens with one attached hydrogen (secondary N) is 1. The van der Waals surface area contributed by atoms with Gasteiger partial charge in [0, 0.05) is 24.0 Å². The Labute approximate surface area is 158 Å². The molecule has 1 aromatic rings. The molecule has 0 bridgehead atoms. The number of halogens is 3. The van der Waals surface area contributed by atoms with Crippen LogP contribution in [0.5, 0.6) is 0 Å². The van der Waals surface area contributed by atoms with Crippen LogP contribution in [0.2, 0.25) is 0 Å². The second-order valence-electron chi connectivity index (χ2n) is 8.21. The Morgan fingerprint density at radius 3 is 2.37 bits per heavy atom. The number of alkyl halides is 3. The lowest BCUT2D eigenvalue weighted by Crippen LogP contribution is -2.38. The first-order valence-corrected chi connectivity index (χ1v) is 10.00. The lowest BCUT2D eigenvalue weighted by molar-refractivity contribution is -0.0885. The fourth-order valence-electron chi connectivity index (χ4n) is 4.41. The Morgan fingerprint density at radius 2 is 1.70 bits per heavy atom. The second kappa shape index (κ2) is 7.44. The normalized spacial score (nSPS) is 31.3. The highest BCUT2D eigenvalue weighted by Crippen LogP contribution is 2.42. The van der Waals surface area contributed by atoms with Crippen molar-refractivity contribution in [2.75, 3.05) is 0 Å². The summed E-state index contributed by atoms with van der Waals surface area (Å²) in [5.41, 5.74) is 8.41. The molecule has 2 saturated carbocycles. The topological polar surface area (TPSA) is 38.0 Å². The molecule has 0 aromatic heterocycles. The van der Waals surface area contributed by atoms with E-state index < -0.39 is 11.7 Å². The zero-order valence-electron chi connectivity index (χ0n) is 15.4. The van der Waals surface area contributed by atoms with Gasteiger partial charge in [-0.05, 0) is 67.7 Å². The maximum absolute atomic E-state index is 12.9. The van der Waals surface area contributed by atoms with Crippen molar-refractivity contribution in [1.82, 2.24) is 5.32 Å². The van der Waals surface area contributed by atoms with E-state index in [1.807, 2.05) is 12.1 Å². The minimum atomic E-state index is -4.26. The molecule has 0 saturated heterocycles. The Balaban J connectivity index is 1.36. The van der Waals surface area contributed by atoms with Crippen molar-refractivity contribution >= 4 is 5.57 Å². The minimum absolute atomic E-state index is 0.368. The molecule has 3 aliphatic rings. The van der Waals surface area contributed by atoms with E-state index in [1.165, 1.54) is 17.7 Å². The van der Waals surface area contributed by atoms with Gasteiger partial charge in [-0.2, -0.15) is 13.2 Å². The van der Waals surface area contributed by atoms with E-state index in [1.54, 1.807) is 0 Å². The van der Waals surface area contributed by atoms with Crippen molar-refractivity contribution in [3.8, 4) is 0 Å². The number of nitrogens with two attached hydrogens (primary N) is 1. The minimum Gasteiger partial charge on any atom is -0.328 e. The molecule has 27 heavy (non-hydrogen) atoms. The lowest BCUT2D eigenvalue weighted by Gasteiger charge is -2.27. The summed E-state index contributed by atoms with van der Waals surface area (Å²) < 4.78 is 38.8. The van der Waals surface area contributed by atoms with E-state index in [0.717, 1.165) is 43.2 Å². The predicted octanol–water partition coefficient (Wildman–Crippen LogP) is 5.07. The quantitative estimate of drug-likeness (QED) is 0.770.